The van der Waals surface area contributed by atoms with Gasteiger partial charge in [-0.3, -0.25) is 4.98 Å². The predicted molar refractivity (Wildman–Crippen MR) is 184 cm³/mol. The molecule has 0 fully saturated rings. The first kappa shape index (κ1) is 25.8. The fourth-order valence-electron chi connectivity index (χ4n) is 6.26. The Morgan fingerprint density at radius 2 is 1.09 bits per heavy atom. The highest BCUT2D eigenvalue weighted by Gasteiger charge is 2.21. The molecular weight excluding hydrogens is 534 g/mol. The molecule has 2 aromatic heterocycles. The maximum absolute atomic E-state index is 4.30. The van der Waals surface area contributed by atoms with E-state index in [4.69, 9.17) is 0 Å². The van der Waals surface area contributed by atoms with Crippen molar-refractivity contribution in [2.75, 3.05) is 4.90 Å². The van der Waals surface area contributed by atoms with Crippen molar-refractivity contribution < 1.29 is 0 Å². The van der Waals surface area contributed by atoms with Crippen LogP contribution in [0.15, 0.2) is 176 Å². The van der Waals surface area contributed by atoms with Crippen molar-refractivity contribution in [3.05, 3.63) is 176 Å². The third-order valence-corrected chi connectivity index (χ3v) is 8.26. The molecule has 3 heteroatoms. The van der Waals surface area contributed by atoms with Crippen LogP contribution in [-0.4, -0.2) is 9.55 Å². The Labute approximate surface area is 256 Å². The number of aromatic nitrogens is 2. The van der Waals surface area contributed by atoms with E-state index in [0.717, 1.165) is 39.4 Å². The summed E-state index contributed by atoms with van der Waals surface area (Å²) in [6, 6.07) is 58.3. The summed E-state index contributed by atoms with van der Waals surface area (Å²) in [4.78, 5) is 6.69. The molecule has 0 atom stereocenters. The van der Waals surface area contributed by atoms with E-state index in [-0.39, 0.29) is 0 Å². The summed E-state index contributed by atoms with van der Waals surface area (Å²) in [6.07, 6.45) is 3.72. The molecule has 0 saturated carbocycles. The van der Waals surface area contributed by atoms with E-state index in [2.05, 4.69) is 172 Å². The third-order valence-electron chi connectivity index (χ3n) is 8.26. The summed E-state index contributed by atoms with van der Waals surface area (Å²) in [5.41, 5.74) is 11.5. The lowest BCUT2D eigenvalue weighted by atomic mass is 10.0. The average Bonchev–Trinajstić information content (AvgIpc) is 3.45. The van der Waals surface area contributed by atoms with Crippen LogP contribution in [0.3, 0.4) is 0 Å². The number of nitrogens with zero attached hydrogens (tertiary/aromatic N) is 3. The van der Waals surface area contributed by atoms with Crippen LogP contribution >= 0.6 is 0 Å². The molecule has 3 nitrogen and oxygen atoms in total. The van der Waals surface area contributed by atoms with Gasteiger partial charge < -0.3 is 9.47 Å². The topological polar surface area (TPSA) is 21.1 Å². The molecule has 0 spiro atoms. The number of para-hydroxylation sites is 2. The second-order valence-corrected chi connectivity index (χ2v) is 10.9. The van der Waals surface area contributed by atoms with Gasteiger partial charge in [0.2, 0.25) is 0 Å². The van der Waals surface area contributed by atoms with Gasteiger partial charge in [-0.1, -0.05) is 103 Å². The van der Waals surface area contributed by atoms with E-state index < -0.39 is 0 Å². The first-order valence-electron chi connectivity index (χ1n) is 14.9. The van der Waals surface area contributed by atoms with Crippen molar-refractivity contribution in [3.8, 4) is 27.9 Å². The highest BCUT2D eigenvalue weighted by Crippen LogP contribution is 2.44. The van der Waals surface area contributed by atoms with Gasteiger partial charge in [0.05, 0.1) is 16.7 Å². The number of fused-ring (bicyclic) bond motifs is 3. The van der Waals surface area contributed by atoms with E-state index in [9.17, 15) is 0 Å². The normalized spacial score (nSPS) is 11.2. The van der Waals surface area contributed by atoms with Crippen molar-refractivity contribution >= 4 is 38.9 Å². The molecule has 0 amide bonds. The van der Waals surface area contributed by atoms with Crippen molar-refractivity contribution in [2.24, 2.45) is 0 Å². The van der Waals surface area contributed by atoms with Crippen molar-refractivity contribution in [1.29, 1.82) is 0 Å². The van der Waals surface area contributed by atoms with Crippen LogP contribution in [0.1, 0.15) is 0 Å². The van der Waals surface area contributed by atoms with Crippen LogP contribution < -0.4 is 4.90 Å². The zero-order chi connectivity index (χ0) is 29.3. The van der Waals surface area contributed by atoms with Gasteiger partial charge in [0.15, 0.2) is 0 Å². The Kier molecular flexibility index (Phi) is 6.47. The minimum Gasteiger partial charge on any atom is -0.310 e. The summed E-state index contributed by atoms with van der Waals surface area (Å²) < 4.78 is 2.38. The van der Waals surface area contributed by atoms with E-state index in [1.165, 1.54) is 27.4 Å². The van der Waals surface area contributed by atoms with Crippen LogP contribution in [0.25, 0.3) is 49.7 Å². The highest BCUT2D eigenvalue weighted by molar-refractivity contribution is 6.16. The van der Waals surface area contributed by atoms with Gasteiger partial charge in [-0.2, -0.15) is 0 Å². The molecule has 8 aromatic rings. The summed E-state index contributed by atoms with van der Waals surface area (Å²) >= 11 is 0. The smallest absolute Gasteiger partial charge is 0.0562 e. The molecule has 44 heavy (non-hydrogen) atoms. The summed E-state index contributed by atoms with van der Waals surface area (Å²) in [6.45, 7) is 0. The zero-order valence-electron chi connectivity index (χ0n) is 24.1. The number of rotatable bonds is 6. The van der Waals surface area contributed by atoms with Crippen LogP contribution in [0, 0.1) is 0 Å². The van der Waals surface area contributed by atoms with Crippen molar-refractivity contribution in [1.82, 2.24) is 9.55 Å². The van der Waals surface area contributed by atoms with Gasteiger partial charge >= 0.3 is 0 Å². The van der Waals surface area contributed by atoms with Crippen molar-refractivity contribution in [2.45, 2.75) is 0 Å². The van der Waals surface area contributed by atoms with Gasteiger partial charge in [-0.05, 0) is 82.9 Å². The lowest BCUT2D eigenvalue weighted by Gasteiger charge is -2.27. The zero-order valence-corrected chi connectivity index (χ0v) is 24.1. The Morgan fingerprint density at radius 1 is 0.455 bits per heavy atom. The largest absolute Gasteiger partial charge is 0.310 e. The van der Waals surface area contributed by atoms with E-state index in [1.54, 1.807) is 0 Å². The minimum absolute atomic E-state index is 1.11. The third kappa shape index (κ3) is 4.52. The molecular formula is C41H29N3. The van der Waals surface area contributed by atoms with Gasteiger partial charge in [0.25, 0.3) is 0 Å². The molecule has 0 saturated heterocycles. The quantitative estimate of drug-likeness (QED) is 0.201. The average molecular weight is 564 g/mol. The van der Waals surface area contributed by atoms with Gasteiger partial charge in [0.1, 0.15) is 0 Å². The first-order chi connectivity index (χ1) is 21.8. The molecule has 6 aromatic carbocycles. The molecule has 0 radical (unpaired) electrons. The standard InChI is InChI=1S/C41H29N3/c1-3-12-30(13-4-1)32-14-9-18-36(28-32)43(34-16-5-2-6-17-34)39-21-10-22-40-41(39)37-19-7-8-20-38(37)44(40)35-25-23-31(24-26-35)33-15-11-27-42-29-33/h1-29H. The fraction of sp³-hybridized carbons (Fsp3) is 0. The van der Waals surface area contributed by atoms with Gasteiger partial charge in [-0.25, -0.2) is 0 Å². The number of anilines is 3. The van der Waals surface area contributed by atoms with E-state index >= 15 is 0 Å². The summed E-state index contributed by atoms with van der Waals surface area (Å²) in [5, 5.41) is 2.43. The van der Waals surface area contributed by atoms with E-state index in [1.807, 2.05) is 18.5 Å². The van der Waals surface area contributed by atoms with Crippen molar-refractivity contribution in [3.63, 3.8) is 0 Å². The molecule has 0 bridgehead atoms. The first-order valence-corrected chi connectivity index (χ1v) is 14.9. The Bertz CT molecular complexity index is 2200. The lowest BCUT2D eigenvalue weighted by Crippen LogP contribution is -2.10. The monoisotopic (exact) mass is 563 g/mol. The Balaban J connectivity index is 1.35. The fourth-order valence-corrected chi connectivity index (χ4v) is 6.26. The van der Waals surface area contributed by atoms with Crippen LogP contribution in [-0.2, 0) is 0 Å². The number of hydrogen-bond donors (Lipinski definition) is 0. The Morgan fingerprint density at radius 3 is 1.89 bits per heavy atom. The van der Waals surface area contributed by atoms with Crippen LogP contribution in [0.5, 0.6) is 0 Å². The number of pyridine rings is 1. The molecule has 2 heterocycles. The summed E-state index contributed by atoms with van der Waals surface area (Å²) in [5.74, 6) is 0. The van der Waals surface area contributed by atoms with Crippen LogP contribution in [0.2, 0.25) is 0 Å². The van der Waals surface area contributed by atoms with E-state index in [0.29, 0.717) is 0 Å². The second kappa shape index (κ2) is 11.0. The molecule has 208 valence electrons. The number of benzene rings is 6. The molecule has 0 aliphatic rings. The van der Waals surface area contributed by atoms with Crippen LogP contribution in [0.4, 0.5) is 17.1 Å². The highest BCUT2D eigenvalue weighted by atomic mass is 15.1. The van der Waals surface area contributed by atoms with Gasteiger partial charge in [-0.15, -0.1) is 0 Å². The number of hydrogen-bond acceptors (Lipinski definition) is 2. The Hall–Kier alpha value is -5.93. The maximum atomic E-state index is 4.30. The molecule has 0 unspecified atom stereocenters. The van der Waals surface area contributed by atoms with Gasteiger partial charge in [0, 0.05) is 40.2 Å². The predicted octanol–water partition coefficient (Wildman–Crippen LogP) is 11.0. The molecule has 8 rings (SSSR count). The summed E-state index contributed by atoms with van der Waals surface area (Å²) in [7, 11) is 0. The molecule has 0 N–H and O–H groups in total. The maximum Gasteiger partial charge on any atom is 0.0562 e. The second-order valence-electron chi connectivity index (χ2n) is 10.9. The lowest BCUT2D eigenvalue weighted by molar-refractivity contribution is 1.18. The SMILES string of the molecule is c1ccc(-c2cccc(N(c3ccccc3)c3cccc4c3c3ccccc3n4-c3ccc(-c4cccnc4)cc3)c2)cc1. The minimum atomic E-state index is 1.11. The molecule has 0 aliphatic heterocycles. The molecule has 0 aliphatic carbocycles.